The van der Waals surface area contributed by atoms with Crippen LogP contribution in [-0.2, 0) is 0 Å². The van der Waals surface area contributed by atoms with Gasteiger partial charge in [-0.1, -0.05) is 60.2 Å². The molecule has 3 aromatic carbocycles. The van der Waals surface area contributed by atoms with Gasteiger partial charge in [0.1, 0.15) is 5.75 Å². The molecule has 0 unspecified atom stereocenters. The molecule has 7 heteroatoms. The molecule has 0 aliphatic heterocycles. The first-order valence-electron chi connectivity index (χ1n) is 10.5. The number of anilines is 1. The van der Waals surface area contributed by atoms with Crippen molar-refractivity contribution in [1.29, 1.82) is 0 Å². The van der Waals surface area contributed by atoms with Crippen LogP contribution < -0.4 is 10.5 Å². The molecule has 2 N–H and O–H groups in total. The molecule has 0 amide bonds. The minimum Gasteiger partial charge on any atom is -0.497 e. The maximum Gasteiger partial charge on any atom is 0.186 e. The second-order valence-corrected chi connectivity index (χ2v) is 7.63. The molecule has 7 nitrogen and oxygen atoms in total. The lowest BCUT2D eigenvalue weighted by Gasteiger charge is -2.09. The van der Waals surface area contributed by atoms with Crippen molar-refractivity contribution in [2.24, 2.45) is 10.2 Å². The maximum atomic E-state index is 6.28. The van der Waals surface area contributed by atoms with Gasteiger partial charge in [-0.2, -0.15) is 5.11 Å². The predicted octanol–water partition coefficient (Wildman–Crippen LogP) is 6.38. The van der Waals surface area contributed by atoms with Crippen LogP contribution in [0.25, 0.3) is 28.2 Å². The van der Waals surface area contributed by atoms with Crippen molar-refractivity contribution in [1.82, 2.24) is 14.6 Å². The number of nitrogens with two attached hydrogens (primary N) is 1. The molecule has 2 aromatic heterocycles. The number of ether oxygens (including phenoxy) is 1. The van der Waals surface area contributed by atoms with Crippen molar-refractivity contribution >= 4 is 22.8 Å². The van der Waals surface area contributed by atoms with Crippen LogP contribution in [0.15, 0.2) is 95.2 Å². The molecule has 0 aliphatic carbocycles. The largest absolute Gasteiger partial charge is 0.497 e. The average molecular weight is 435 g/mol. The Morgan fingerprint density at radius 3 is 2.27 bits per heavy atom. The molecular weight excluding hydrogens is 412 g/mol. The molecule has 0 fully saturated rings. The van der Waals surface area contributed by atoms with Crippen LogP contribution in [0.5, 0.6) is 5.75 Å². The number of azo groups is 1. The average Bonchev–Trinajstić information content (AvgIpc) is 3.18. The summed E-state index contributed by atoms with van der Waals surface area (Å²) in [7, 11) is 1.62. The molecule has 0 atom stereocenters. The van der Waals surface area contributed by atoms with E-state index in [1.54, 1.807) is 11.6 Å². The normalized spacial score (nSPS) is 11.3. The van der Waals surface area contributed by atoms with Crippen LogP contribution in [0.1, 0.15) is 5.56 Å². The Balaban J connectivity index is 1.68. The van der Waals surface area contributed by atoms with Crippen LogP contribution in [-0.4, -0.2) is 21.7 Å². The number of rotatable bonds is 5. The van der Waals surface area contributed by atoms with Gasteiger partial charge in [-0.15, -0.1) is 10.2 Å². The van der Waals surface area contributed by atoms with Gasteiger partial charge in [0.15, 0.2) is 17.2 Å². The molecule has 5 rings (SSSR count). The van der Waals surface area contributed by atoms with Crippen LogP contribution in [0.3, 0.4) is 0 Å². The molecule has 0 bridgehead atoms. The monoisotopic (exact) mass is 434 g/mol. The zero-order valence-electron chi connectivity index (χ0n) is 18.3. The first-order chi connectivity index (χ1) is 16.1. The summed E-state index contributed by atoms with van der Waals surface area (Å²) < 4.78 is 6.93. The number of aryl methyl sites for hydroxylation is 1. The standard InChI is InChI=1S/C26H22N6O/c1-17-8-10-19(11-9-17)23-16-22(18-6-4-3-5-7-18)28-26-24(25(27)31-32(23)26)30-29-20-12-14-21(33-2)15-13-20/h3-16H,1-2H3,(H2,27,31). The third-order valence-corrected chi connectivity index (χ3v) is 5.35. The quantitative estimate of drug-likeness (QED) is 0.325. The summed E-state index contributed by atoms with van der Waals surface area (Å²) in [4.78, 5) is 4.86. The molecule has 0 aliphatic rings. The second kappa shape index (κ2) is 8.55. The van der Waals surface area contributed by atoms with E-state index in [9.17, 15) is 0 Å². The van der Waals surface area contributed by atoms with Gasteiger partial charge in [-0.25, -0.2) is 9.50 Å². The first-order valence-corrected chi connectivity index (χ1v) is 10.5. The lowest BCUT2D eigenvalue weighted by atomic mass is 10.1. The van der Waals surface area contributed by atoms with E-state index in [4.69, 9.17) is 15.5 Å². The summed E-state index contributed by atoms with van der Waals surface area (Å²) in [6.45, 7) is 2.06. The van der Waals surface area contributed by atoms with E-state index in [1.807, 2.05) is 60.7 Å². The third-order valence-electron chi connectivity index (χ3n) is 5.35. The van der Waals surface area contributed by atoms with Gasteiger partial charge in [0.25, 0.3) is 0 Å². The van der Waals surface area contributed by atoms with E-state index in [0.29, 0.717) is 17.0 Å². The number of benzene rings is 3. The maximum absolute atomic E-state index is 6.28. The van der Waals surface area contributed by atoms with Gasteiger partial charge in [0.2, 0.25) is 0 Å². The molecule has 33 heavy (non-hydrogen) atoms. The number of hydrogen-bond donors (Lipinski definition) is 1. The Kier molecular flexibility index (Phi) is 5.28. The SMILES string of the molecule is COc1ccc(N=Nc2c(N)nn3c(-c4ccc(C)cc4)cc(-c4ccccc4)nc23)cc1. The van der Waals surface area contributed by atoms with E-state index in [2.05, 4.69) is 46.5 Å². The van der Waals surface area contributed by atoms with Gasteiger partial charge < -0.3 is 10.5 Å². The number of fused-ring (bicyclic) bond motifs is 1. The highest BCUT2D eigenvalue weighted by molar-refractivity contribution is 5.81. The molecule has 0 saturated carbocycles. The minimum atomic E-state index is 0.262. The van der Waals surface area contributed by atoms with E-state index in [-0.39, 0.29) is 5.82 Å². The number of aromatic nitrogens is 3. The zero-order chi connectivity index (χ0) is 22.8. The highest BCUT2D eigenvalue weighted by atomic mass is 16.5. The van der Waals surface area contributed by atoms with Gasteiger partial charge in [0, 0.05) is 11.1 Å². The van der Waals surface area contributed by atoms with Gasteiger partial charge in [-0.3, -0.25) is 0 Å². The van der Waals surface area contributed by atoms with Crippen LogP contribution >= 0.6 is 0 Å². The lowest BCUT2D eigenvalue weighted by Crippen LogP contribution is -1.99. The molecular formula is C26H22N6O. The number of methoxy groups -OCH3 is 1. The minimum absolute atomic E-state index is 0.262. The van der Waals surface area contributed by atoms with E-state index in [0.717, 1.165) is 28.3 Å². The topological polar surface area (TPSA) is 90.2 Å². The van der Waals surface area contributed by atoms with Gasteiger partial charge in [-0.05, 0) is 37.3 Å². The molecule has 0 radical (unpaired) electrons. The summed E-state index contributed by atoms with van der Waals surface area (Å²) in [5.41, 5.74) is 12.8. The van der Waals surface area contributed by atoms with Crippen molar-refractivity contribution < 1.29 is 4.74 Å². The summed E-state index contributed by atoms with van der Waals surface area (Å²) in [6, 6.07) is 27.6. The summed E-state index contributed by atoms with van der Waals surface area (Å²) in [5, 5.41) is 13.3. The fraction of sp³-hybridized carbons (Fsp3) is 0.0769. The second-order valence-electron chi connectivity index (χ2n) is 7.63. The zero-order valence-corrected chi connectivity index (χ0v) is 18.3. The van der Waals surface area contributed by atoms with Crippen LogP contribution in [0, 0.1) is 6.92 Å². The van der Waals surface area contributed by atoms with E-state index in [1.165, 1.54) is 5.56 Å². The highest BCUT2D eigenvalue weighted by Gasteiger charge is 2.17. The van der Waals surface area contributed by atoms with Crippen LogP contribution in [0.2, 0.25) is 0 Å². The molecule has 0 saturated heterocycles. The summed E-state index contributed by atoms with van der Waals surface area (Å²) in [6.07, 6.45) is 0. The molecule has 5 aromatic rings. The van der Waals surface area contributed by atoms with Crippen molar-refractivity contribution in [3.8, 4) is 28.3 Å². The number of hydrogen-bond acceptors (Lipinski definition) is 6. The van der Waals surface area contributed by atoms with Crippen molar-refractivity contribution in [3.63, 3.8) is 0 Å². The Morgan fingerprint density at radius 1 is 0.848 bits per heavy atom. The third kappa shape index (κ3) is 4.04. The predicted molar refractivity (Wildman–Crippen MR) is 130 cm³/mol. The molecule has 0 spiro atoms. The van der Waals surface area contributed by atoms with Gasteiger partial charge in [0.05, 0.1) is 24.2 Å². The fourth-order valence-corrected chi connectivity index (χ4v) is 3.56. The Morgan fingerprint density at radius 2 is 1.58 bits per heavy atom. The Labute approximate surface area is 191 Å². The smallest absolute Gasteiger partial charge is 0.186 e. The van der Waals surface area contributed by atoms with Crippen molar-refractivity contribution in [2.45, 2.75) is 6.92 Å². The lowest BCUT2D eigenvalue weighted by molar-refractivity contribution is 0.415. The Hall–Kier alpha value is -4.52. The molecule has 162 valence electrons. The van der Waals surface area contributed by atoms with E-state index >= 15 is 0 Å². The van der Waals surface area contributed by atoms with E-state index < -0.39 is 0 Å². The summed E-state index contributed by atoms with van der Waals surface area (Å²) >= 11 is 0. The van der Waals surface area contributed by atoms with Crippen molar-refractivity contribution in [3.05, 3.63) is 90.5 Å². The van der Waals surface area contributed by atoms with Crippen LogP contribution in [0.4, 0.5) is 17.2 Å². The van der Waals surface area contributed by atoms with Crippen molar-refractivity contribution in [2.75, 3.05) is 12.8 Å². The fourth-order valence-electron chi connectivity index (χ4n) is 3.56. The molecule has 2 heterocycles. The Bertz CT molecular complexity index is 1440. The summed E-state index contributed by atoms with van der Waals surface area (Å²) in [5.74, 6) is 1.01. The number of nitrogens with zero attached hydrogens (tertiary/aromatic N) is 5. The number of nitrogen functional groups attached to an aromatic ring is 1. The van der Waals surface area contributed by atoms with Gasteiger partial charge >= 0.3 is 0 Å². The first kappa shape index (κ1) is 20.4. The highest BCUT2D eigenvalue weighted by Crippen LogP contribution is 2.34.